The Balaban J connectivity index is 1.48. The summed E-state index contributed by atoms with van der Waals surface area (Å²) in [4.78, 5) is 14.5. The van der Waals surface area contributed by atoms with Crippen LogP contribution in [0.5, 0.6) is 0 Å². The number of fused-ring (bicyclic) bond motifs is 3. The maximum absolute atomic E-state index is 6.43. The molecular weight excluding hydrogens is 382 g/mol. The summed E-state index contributed by atoms with van der Waals surface area (Å²) in [6.07, 6.45) is 1.61. The first-order valence-corrected chi connectivity index (χ1v) is 10.4. The predicted octanol–water partition coefficient (Wildman–Crippen LogP) is 6.04. The number of benzene rings is 3. The average Bonchev–Trinajstić information content (AvgIpc) is 3.30. The van der Waals surface area contributed by atoms with Crippen LogP contribution < -0.4 is 0 Å². The van der Waals surface area contributed by atoms with E-state index in [1.165, 1.54) is 0 Å². The van der Waals surface area contributed by atoms with Crippen molar-refractivity contribution in [2.45, 2.75) is 12.1 Å². The van der Waals surface area contributed by atoms with Gasteiger partial charge in [0, 0.05) is 17.0 Å². The first-order valence-electron chi connectivity index (χ1n) is 10.4. The van der Waals surface area contributed by atoms with Crippen LogP contribution in [0.2, 0.25) is 0 Å². The molecule has 2 aromatic heterocycles. The second-order valence-electron chi connectivity index (χ2n) is 7.65. The molecule has 0 radical (unpaired) electrons. The van der Waals surface area contributed by atoms with Crippen LogP contribution in [0.15, 0.2) is 108 Å². The lowest BCUT2D eigenvalue weighted by molar-refractivity contribution is 0.196. The van der Waals surface area contributed by atoms with Gasteiger partial charge in [-0.2, -0.15) is 0 Å². The van der Waals surface area contributed by atoms with E-state index >= 15 is 0 Å². The summed E-state index contributed by atoms with van der Waals surface area (Å²) in [7, 11) is 0. The molecule has 148 valence electrons. The van der Waals surface area contributed by atoms with Gasteiger partial charge in [-0.3, -0.25) is 4.98 Å². The van der Waals surface area contributed by atoms with Gasteiger partial charge in [0.1, 0.15) is 11.7 Å². The minimum Gasteiger partial charge on any atom is -0.465 e. The van der Waals surface area contributed by atoms with Gasteiger partial charge in [-0.05, 0) is 23.3 Å². The molecule has 2 atom stereocenters. The SMILES string of the molecule is c1ccc(C2N=C(c3ccc4ccc5cccnc5c4n3)OC2c2ccccc2)cc1. The van der Waals surface area contributed by atoms with Crippen LogP contribution in [-0.2, 0) is 4.74 Å². The topological polar surface area (TPSA) is 47.4 Å². The molecule has 0 saturated heterocycles. The molecule has 0 aliphatic carbocycles. The molecule has 0 saturated carbocycles. The molecule has 6 rings (SSSR count). The smallest absolute Gasteiger partial charge is 0.236 e. The van der Waals surface area contributed by atoms with Gasteiger partial charge in [-0.25, -0.2) is 9.98 Å². The number of ether oxygens (including phenoxy) is 1. The van der Waals surface area contributed by atoms with Gasteiger partial charge in [0.25, 0.3) is 0 Å². The van der Waals surface area contributed by atoms with Crippen molar-refractivity contribution in [3.05, 3.63) is 120 Å². The molecular formula is C27H19N3O. The Kier molecular flexibility index (Phi) is 4.20. The van der Waals surface area contributed by atoms with Crippen molar-refractivity contribution < 1.29 is 4.74 Å². The quantitative estimate of drug-likeness (QED) is 0.346. The molecule has 0 bridgehead atoms. The molecule has 0 fully saturated rings. The molecule has 2 unspecified atom stereocenters. The monoisotopic (exact) mass is 401 g/mol. The third kappa shape index (κ3) is 3.13. The number of hydrogen-bond donors (Lipinski definition) is 0. The maximum Gasteiger partial charge on any atom is 0.236 e. The van der Waals surface area contributed by atoms with Crippen molar-refractivity contribution in [1.29, 1.82) is 0 Å². The van der Waals surface area contributed by atoms with Crippen molar-refractivity contribution in [3.63, 3.8) is 0 Å². The Morgan fingerprint density at radius 1 is 0.613 bits per heavy atom. The summed E-state index contributed by atoms with van der Waals surface area (Å²) < 4.78 is 6.43. The third-order valence-electron chi connectivity index (χ3n) is 5.70. The van der Waals surface area contributed by atoms with Crippen LogP contribution in [0.3, 0.4) is 0 Å². The lowest BCUT2D eigenvalue weighted by atomic mass is 9.97. The predicted molar refractivity (Wildman–Crippen MR) is 123 cm³/mol. The number of pyridine rings is 2. The number of nitrogens with zero attached hydrogens (tertiary/aromatic N) is 3. The zero-order chi connectivity index (χ0) is 20.6. The van der Waals surface area contributed by atoms with Crippen LogP contribution in [0.4, 0.5) is 0 Å². The zero-order valence-corrected chi connectivity index (χ0v) is 16.7. The van der Waals surface area contributed by atoms with E-state index < -0.39 is 0 Å². The molecule has 4 nitrogen and oxygen atoms in total. The minimum atomic E-state index is -0.193. The summed E-state index contributed by atoms with van der Waals surface area (Å²) >= 11 is 0. The number of aromatic nitrogens is 2. The largest absolute Gasteiger partial charge is 0.465 e. The average molecular weight is 401 g/mol. The number of hydrogen-bond acceptors (Lipinski definition) is 4. The fourth-order valence-electron chi connectivity index (χ4n) is 4.17. The second-order valence-corrected chi connectivity index (χ2v) is 7.65. The van der Waals surface area contributed by atoms with E-state index in [0.717, 1.165) is 38.6 Å². The van der Waals surface area contributed by atoms with Crippen molar-refractivity contribution in [1.82, 2.24) is 9.97 Å². The highest BCUT2D eigenvalue weighted by Crippen LogP contribution is 2.41. The van der Waals surface area contributed by atoms with E-state index in [0.29, 0.717) is 5.90 Å². The number of aliphatic imine (C=N–C) groups is 1. The van der Waals surface area contributed by atoms with Crippen LogP contribution in [0.1, 0.15) is 29.0 Å². The highest BCUT2D eigenvalue weighted by atomic mass is 16.5. The lowest BCUT2D eigenvalue weighted by Gasteiger charge is -2.18. The summed E-state index contributed by atoms with van der Waals surface area (Å²) in [5.74, 6) is 0.567. The van der Waals surface area contributed by atoms with Gasteiger partial charge >= 0.3 is 0 Å². The highest BCUT2D eigenvalue weighted by Gasteiger charge is 2.34. The van der Waals surface area contributed by atoms with Gasteiger partial charge in [0.2, 0.25) is 5.90 Å². The number of rotatable bonds is 3. The molecule has 31 heavy (non-hydrogen) atoms. The van der Waals surface area contributed by atoms with Gasteiger partial charge in [0.05, 0.1) is 11.0 Å². The van der Waals surface area contributed by atoms with E-state index in [4.69, 9.17) is 14.7 Å². The fourth-order valence-corrected chi connectivity index (χ4v) is 4.17. The Morgan fingerprint density at radius 2 is 1.29 bits per heavy atom. The van der Waals surface area contributed by atoms with E-state index in [-0.39, 0.29) is 12.1 Å². The Labute approximate surface area is 179 Å². The van der Waals surface area contributed by atoms with Crippen LogP contribution in [0, 0.1) is 0 Å². The van der Waals surface area contributed by atoms with E-state index in [2.05, 4.69) is 53.5 Å². The van der Waals surface area contributed by atoms with Crippen LogP contribution in [0.25, 0.3) is 21.8 Å². The molecule has 0 spiro atoms. The molecule has 5 aromatic rings. The molecule has 3 heterocycles. The summed E-state index contributed by atoms with van der Waals surface area (Å²) in [6, 6.07) is 32.6. The van der Waals surface area contributed by atoms with Crippen molar-refractivity contribution in [3.8, 4) is 0 Å². The van der Waals surface area contributed by atoms with Crippen LogP contribution in [-0.4, -0.2) is 15.9 Å². The summed E-state index contributed by atoms with van der Waals surface area (Å²) in [5, 5.41) is 2.12. The normalized spacial score (nSPS) is 18.1. The molecule has 4 heteroatoms. The zero-order valence-electron chi connectivity index (χ0n) is 16.7. The lowest BCUT2D eigenvalue weighted by Crippen LogP contribution is -2.10. The maximum atomic E-state index is 6.43. The van der Waals surface area contributed by atoms with E-state index in [1.54, 1.807) is 6.20 Å². The summed E-state index contributed by atoms with van der Waals surface area (Å²) in [5.41, 5.74) is 4.70. The Hall–Kier alpha value is -4.05. The van der Waals surface area contributed by atoms with Crippen molar-refractivity contribution >= 4 is 27.7 Å². The second kappa shape index (κ2) is 7.33. The van der Waals surface area contributed by atoms with E-state index in [9.17, 15) is 0 Å². The van der Waals surface area contributed by atoms with Crippen LogP contribution >= 0.6 is 0 Å². The van der Waals surface area contributed by atoms with Gasteiger partial charge in [-0.1, -0.05) is 84.9 Å². The molecule has 0 amide bonds. The van der Waals surface area contributed by atoms with Gasteiger partial charge < -0.3 is 4.74 Å². The highest BCUT2D eigenvalue weighted by molar-refractivity contribution is 6.04. The van der Waals surface area contributed by atoms with Crippen molar-refractivity contribution in [2.24, 2.45) is 4.99 Å². The third-order valence-corrected chi connectivity index (χ3v) is 5.70. The first-order chi connectivity index (χ1) is 15.4. The van der Waals surface area contributed by atoms with Gasteiger partial charge in [0.15, 0.2) is 6.10 Å². The Bertz CT molecular complexity index is 1410. The Morgan fingerprint density at radius 3 is 2.06 bits per heavy atom. The standard InChI is InChI=1S/C27H19N3O/c1-3-8-18(9-4-1)25-26(21-10-5-2-6-11-21)31-27(30-25)22-16-15-20-14-13-19-12-7-17-28-23(19)24(20)29-22/h1-17,25-26H. The summed E-state index contributed by atoms with van der Waals surface area (Å²) in [6.45, 7) is 0. The van der Waals surface area contributed by atoms with Gasteiger partial charge in [-0.15, -0.1) is 0 Å². The first kappa shape index (κ1) is 17.8. The molecule has 3 aromatic carbocycles. The van der Waals surface area contributed by atoms with Crippen molar-refractivity contribution in [2.75, 3.05) is 0 Å². The molecule has 1 aliphatic rings. The molecule has 0 N–H and O–H groups in total. The fraction of sp³-hybridized carbons (Fsp3) is 0.0741. The van der Waals surface area contributed by atoms with E-state index in [1.807, 2.05) is 48.5 Å². The molecule has 1 aliphatic heterocycles. The minimum absolute atomic E-state index is 0.123.